The Bertz CT molecular complexity index is 286. The van der Waals surface area contributed by atoms with E-state index in [9.17, 15) is 0 Å². The summed E-state index contributed by atoms with van der Waals surface area (Å²) in [6, 6.07) is 0. The van der Waals surface area contributed by atoms with E-state index in [1.54, 1.807) is 0 Å². The lowest BCUT2D eigenvalue weighted by Gasteiger charge is -2.18. The summed E-state index contributed by atoms with van der Waals surface area (Å²) in [5.41, 5.74) is 1.46. The number of nitrogens with zero attached hydrogens (tertiary/aromatic N) is 1. The molecular formula is C19H35N. The van der Waals surface area contributed by atoms with Gasteiger partial charge in [0.05, 0.1) is 0 Å². The first-order valence-electron chi connectivity index (χ1n) is 8.55. The van der Waals surface area contributed by atoms with E-state index < -0.39 is 0 Å². The molecule has 0 aliphatic heterocycles. The molecule has 0 heterocycles. The average molecular weight is 277 g/mol. The number of rotatable bonds is 12. The lowest BCUT2D eigenvalue weighted by Crippen LogP contribution is -2.04. The molecule has 0 N–H and O–H groups in total. The van der Waals surface area contributed by atoms with Crippen LogP contribution in [0.4, 0.5) is 0 Å². The summed E-state index contributed by atoms with van der Waals surface area (Å²) in [5, 5.41) is 0. The summed E-state index contributed by atoms with van der Waals surface area (Å²) in [6.45, 7) is 6.67. The van der Waals surface area contributed by atoms with Gasteiger partial charge in [0, 0.05) is 13.3 Å². The molecule has 0 fully saturated rings. The first-order valence-corrected chi connectivity index (χ1v) is 8.55. The molecule has 20 heavy (non-hydrogen) atoms. The molecule has 0 aromatic heterocycles. The van der Waals surface area contributed by atoms with E-state index in [2.05, 4.69) is 44.0 Å². The van der Waals surface area contributed by atoms with Crippen molar-refractivity contribution in [3.63, 3.8) is 0 Å². The zero-order valence-corrected chi connectivity index (χ0v) is 14.2. The van der Waals surface area contributed by atoms with Gasteiger partial charge in [0.1, 0.15) is 0 Å². The summed E-state index contributed by atoms with van der Waals surface area (Å²) in [4.78, 5) is 4.11. The number of allylic oxidation sites excluding steroid dienone is 4. The second kappa shape index (κ2) is 14.6. The second-order valence-corrected chi connectivity index (χ2v) is 5.62. The van der Waals surface area contributed by atoms with Gasteiger partial charge in [-0.1, -0.05) is 70.9 Å². The maximum Gasteiger partial charge on any atom is 0.0277 e. The van der Waals surface area contributed by atoms with Crippen molar-refractivity contribution in [1.82, 2.24) is 0 Å². The molecule has 0 saturated carbocycles. The van der Waals surface area contributed by atoms with Crippen LogP contribution < -0.4 is 0 Å². The number of aliphatic imine (C=N–C) groups is 1. The maximum atomic E-state index is 4.11. The van der Waals surface area contributed by atoms with Gasteiger partial charge in [0.2, 0.25) is 0 Å². The first kappa shape index (κ1) is 19.1. The largest absolute Gasteiger partial charge is 0.297 e. The van der Waals surface area contributed by atoms with E-state index in [1.165, 1.54) is 63.4 Å². The summed E-state index contributed by atoms with van der Waals surface area (Å²) in [7, 11) is 1.84. The van der Waals surface area contributed by atoms with Gasteiger partial charge < -0.3 is 0 Å². The highest BCUT2D eigenvalue weighted by atomic mass is 14.6. The molecule has 0 radical (unpaired) electrons. The normalized spacial score (nSPS) is 14.5. The average Bonchev–Trinajstić information content (AvgIpc) is 2.46. The summed E-state index contributed by atoms with van der Waals surface area (Å²) in [6.07, 6.45) is 20.7. The standard InChI is InChI=1S/C19H35N/c1-5-8-10-12-15-19(14-11-9-6-2)18(13-7-3)16-17-20-4/h7,13,16-17,19H,5-6,8-12,14-15H2,1-4H3/b13-7-,18-16+,20-17-. The van der Waals surface area contributed by atoms with Crippen molar-refractivity contribution in [3.05, 3.63) is 23.8 Å². The van der Waals surface area contributed by atoms with Crippen LogP contribution >= 0.6 is 0 Å². The highest BCUT2D eigenvalue weighted by Crippen LogP contribution is 2.26. The van der Waals surface area contributed by atoms with Gasteiger partial charge in [-0.25, -0.2) is 0 Å². The highest BCUT2D eigenvalue weighted by Gasteiger charge is 2.11. The van der Waals surface area contributed by atoms with Crippen LogP contribution in [0.2, 0.25) is 0 Å². The fourth-order valence-electron chi connectivity index (χ4n) is 2.62. The number of unbranched alkanes of at least 4 members (excludes halogenated alkanes) is 5. The third kappa shape index (κ3) is 10.00. The van der Waals surface area contributed by atoms with Gasteiger partial charge in [-0.3, -0.25) is 4.99 Å². The molecule has 1 nitrogen and oxygen atoms in total. The minimum absolute atomic E-state index is 0.715. The predicted octanol–water partition coefficient (Wildman–Crippen LogP) is 6.36. The third-order valence-corrected chi connectivity index (χ3v) is 3.81. The Morgan fingerprint density at radius 1 is 0.950 bits per heavy atom. The second-order valence-electron chi connectivity index (χ2n) is 5.62. The van der Waals surface area contributed by atoms with Crippen LogP contribution in [0.1, 0.15) is 78.6 Å². The van der Waals surface area contributed by atoms with E-state index in [4.69, 9.17) is 0 Å². The Morgan fingerprint density at radius 2 is 1.55 bits per heavy atom. The van der Waals surface area contributed by atoms with Crippen molar-refractivity contribution in [2.75, 3.05) is 7.05 Å². The molecule has 0 aromatic carbocycles. The van der Waals surface area contributed by atoms with E-state index in [-0.39, 0.29) is 0 Å². The van der Waals surface area contributed by atoms with Gasteiger partial charge >= 0.3 is 0 Å². The molecule has 0 rings (SSSR count). The highest BCUT2D eigenvalue weighted by molar-refractivity contribution is 5.73. The molecular weight excluding hydrogens is 242 g/mol. The maximum absolute atomic E-state index is 4.11. The van der Waals surface area contributed by atoms with Crippen molar-refractivity contribution >= 4 is 6.21 Å². The number of hydrogen-bond acceptors (Lipinski definition) is 1. The molecule has 0 saturated heterocycles. The topological polar surface area (TPSA) is 12.4 Å². The van der Waals surface area contributed by atoms with E-state index in [0.29, 0.717) is 5.92 Å². The van der Waals surface area contributed by atoms with Crippen LogP contribution in [0.5, 0.6) is 0 Å². The van der Waals surface area contributed by atoms with Gasteiger partial charge in [0.25, 0.3) is 0 Å². The SMILES string of the molecule is C\C=C/C(=C\C=N/C)C(CCCCC)CCCCCC. The summed E-state index contributed by atoms with van der Waals surface area (Å²) in [5.74, 6) is 0.715. The van der Waals surface area contributed by atoms with Crippen LogP contribution in [-0.2, 0) is 0 Å². The lowest BCUT2D eigenvalue weighted by molar-refractivity contribution is 0.465. The summed E-state index contributed by atoms with van der Waals surface area (Å²) >= 11 is 0. The minimum atomic E-state index is 0.715. The Balaban J connectivity index is 4.57. The van der Waals surface area contributed by atoms with Gasteiger partial charge in [-0.2, -0.15) is 0 Å². The molecule has 1 atom stereocenters. The minimum Gasteiger partial charge on any atom is -0.297 e. The van der Waals surface area contributed by atoms with Crippen molar-refractivity contribution in [3.8, 4) is 0 Å². The Hall–Kier alpha value is -0.850. The Kier molecular flexibility index (Phi) is 13.9. The molecule has 0 aromatic rings. The van der Waals surface area contributed by atoms with Crippen molar-refractivity contribution in [2.24, 2.45) is 10.9 Å². The monoisotopic (exact) mass is 277 g/mol. The predicted molar refractivity (Wildman–Crippen MR) is 93.7 cm³/mol. The fourth-order valence-corrected chi connectivity index (χ4v) is 2.62. The molecule has 1 heteroatoms. The van der Waals surface area contributed by atoms with Gasteiger partial charge in [-0.05, 0) is 37.3 Å². The Morgan fingerprint density at radius 3 is 2.10 bits per heavy atom. The van der Waals surface area contributed by atoms with Gasteiger partial charge in [-0.15, -0.1) is 0 Å². The zero-order valence-electron chi connectivity index (χ0n) is 14.2. The van der Waals surface area contributed by atoms with Crippen LogP contribution in [0.15, 0.2) is 28.8 Å². The van der Waals surface area contributed by atoms with Crippen molar-refractivity contribution < 1.29 is 0 Å². The molecule has 1 unspecified atom stereocenters. The van der Waals surface area contributed by atoms with E-state index in [0.717, 1.165) is 0 Å². The van der Waals surface area contributed by atoms with Crippen molar-refractivity contribution in [1.29, 1.82) is 0 Å². The van der Waals surface area contributed by atoms with Crippen molar-refractivity contribution in [2.45, 2.75) is 78.6 Å². The molecule has 0 spiro atoms. The quantitative estimate of drug-likeness (QED) is 0.224. The molecule has 0 aliphatic rings. The van der Waals surface area contributed by atoms with Gasteiger partial charge in [0.15, 0.2) is 0 Å². The molecule has 116 valence electrons. The van der Waals surface area contributed by atoms with Crippen LogP contribution in [0, 0.1) is 5.92 Å². The molecule has 0 aliphatic carbocycles. The fraction of sp³-hybridized carbons (Fsp3) is 0.737. The molecule has 0 bridgehead atoms. The number of hydrogen-bond donors (Lipinski definition) is 0. The lowest BCUT2D eigenvalue weighted by atomic mass is 9.87. The van der Waals surface area contributed by atoms with Crippen LogP contribution in [0.25, 0.3) is 0 Å². The molecule has 0 amide bonds. The smallest absolute Gasteiger partial charge is 0.0277 e. The van der Waals surface area contributed by atoms with Crippen LogP contribution in [-0.4, -0.2) is 13.3 Å². The van der Waals surface area contributed by atoms with E-state index >= 15 is 0 Å². The van der Waals surface area contributed by atoms with Crippen LogP contribution in [0.3, 0.4) is 0 Å². The van der Waals surface area contributed by atoms with E-state index in [1.807, 2.05) is 13.3 Å². The first-order chi connectivity index (χ1) is 9.79. The zero-order chi connectivity index (χ0) is 15.1. The Labute approximate surface area is 127 Å². The third-order valence-electron chi connectivity index (χ3n) is 3.81. The summed E-state index contributed by atoms with van der Waals surface area (Å²) < 4.78 is 0.